The van der Waals surface area contributed by atoms with E-state index >= 15 is 0 Å². The summed E-state index contributed by atoms with van der Waals surface area (Å²) in [5, 5.41) is 8.56. The molecule has 0 N–H and O–H groups in total. The summed E-state index contributed by atoms with van der Waals surface area (Å²) >= 11 is 1.80. The molecule has 3 heteroatoms. The van der Waals surface area contributed by atoms with Crippen LogP contribution in [-0.4, -0.2) is 10.7 Å². The van der Waals surface area contributed by atoms with Gasteiger partial charge < -0.3 is 0 Å². The molecule has 1 rings (SSSR count). The summed E-state index contributed by atoms with van der Waals surface area (Å²) in [4.78, 5) is 5.16. The Kier molecular flexibility index (Phi) is 4.48. The first kappa shape index (κ1) is 11.1. The molecule has 0 bridgehead atoms. The fourth-order valence-electron chi connectivity index (χ4n) is 0.944. The molecule has 0 amide bonds. The molecule has 0 saturated heterocycles. The lowest BCUT2D eigenvalue weighted by molar-refractivity contribution is 0.632. The molecule has 0 unspecified atom stereocenters. The van der Waals surface area contributed by atoms with Gasteiger partial charge in [0.2, 0.25) is 0 Å². The van der Waals surface area contributed by atoms with Gasteiger partial charge in [-0.3, -0.25) is 0 Å². The van der Waals surface area contributed by atoms with E-state index in [1.165, 1.54) is 6.42 Å². The Balaban J connectivity index is 2.41. The van der Waals surface area contributed by atoms with Crippen LogP contribution in [0.3, 0.4) is 0 Å². The van der Waals surface area contributed by atoms with Gasteiger partial charge in [0.1, 0.15) is 11.8 Å². The van der Waals surface area contributed by atoms with Crippen molar-refractivity contribution >= 4 is 11.8 Å². The Labute approximate surface area is 89.4 Å². The lowest BCUT2D eigenvalue weighted by atomic mass is 10.2. The Bertz CT molecular complexity index is 311. The van der Waals surface area contributed by atoms with E-state index in [2.05, 4.69) is 18.8 Å². The lowest BCUT2D eigenvalue weighted by Crippen LogP contribution is -1.89. The summed E-state index contributed by atoms with van der Waals surface area (Å²) < 4.78 is 0. The quantitative estimate of drug-likeness (QED) is 0.710. The highest BCUT2D eigenvalue weighted by Gasteiger charge is 1.97. The van der Waals surface area contributed by atoms with Crippen LogP contribution in [0, 0.1) is 17.2 Å². The van der Waals surface area contributed by atoms with Crippen LogP contribution < -0.4 is 0 Å². The van der Waals surface area contributed by atoms with E-state index in [9.17, 15) is 0 Å². The molecule has 1 aromatic heterocycles. The van der Waals surface area contributed by atoms with Crippen molar-refractivity contribution in [3.05, 3.63) is 24.0 Å². The van der Waals surface area contributed by atoms with E-state index < -0.39 is 0 Å². The van der Waals surface area contributed by atoms with Crippen LogP contribution in [0.1, 0.15) is 26.0 Å². The topological polar surface area (TPSA) is 36.7 Å². The molecule has 14 heavy (non-hydrogen) atoms. The first-order valence-corrected chi connectivity index (χ1v) is 5.70. The number of nitriles is 1. The number of pyridine rings is 1. The van der Waals surface area contributed by atoms with E-state index in [-0.39, 0.29) is 0 Å². The van der Waals surface area contributed by atoms with Crippen LogP contribution in [0.4, 0.5) is 0 Å². The fourth-order valence-corrected chi connectivity index (χ4v) is 2.06. The van der Waals surface area contributed by atoms with Gasteiger partial charge in [0.15, 0.2) is 0 Å². The second-order valence-electron chi connectivity index (χ2n) is 3.52. The second kappa shape index (κ2) is 5.66. The smallest absolute Gasteiger partial charge is 0.140 e. The summed E-state index contributed by atoms with van der Waals surface area (Å²) in [5.74, 6) is 1.86. The molecule has 0 spiro atoms. The van der Waals surface area contributed by atoms with Crippen molar-refractivity contribution in [1.29, 1.82) is 5.26 Å². The van der Waals surface area contributed by atoms with Gasteiger partial charge >= 0.3 is 0 Å². The van der Waals surface area contributed by atoms with Gasteiger partial charge in [-0.15, -0.1) is 11.8 Å². The van der Waals surface area contributed by atoms with Crippen LogP contribution in [0.5, 0.6) is 0 Å². The number of thioether (sulfide) groups is 1. The fraction of sp³-hybridized carbons (Fsp3) is 0.455. The number of aromatic nitrogens is 1. The molecule has 0 aliphatic rings. The van der Waals surface area contributed by atoms with Crippen LogP contribution in [0.2, 0.25) is 0 Å². The van der Waals surface area contributed by atoms with Crippen molar-refractivity contribution in [2.75, 3.05) is 5.75 Å². The third-order valence-corrected chi connectivity index (χ3v) is 2.83. The van der Waals surface area contributed by atoms with Gasteiger partial charge in [0, 0.05) is 11.1 Å². The standard InChI is InChI=1S/C11H14N2S/c1-9(2)5-6-14-11-4-3-10(7-12)13-8-11/h3-4,8-9H,5-6H2,1-2H3. The van der Waals surface area contributed by atoms with Gasteiger partial charge in [0.25, 0.3) is 0 Å². The molecular weight excluding hydrogens is 192 g/mol. The zero-order chi connectivity index (χ0) is 10.4. The maximum Gasteiger partial charge on any atom is 0.140 e. The Morgan fingerprint density at radius 2 is 2.29 bits per heavy atom. The third-order valence-electron chi connectivity index (χ3n) is 1.81. The Morgan fingerprint density at radius 1 is 1.50 bits per heavy atom. The maximum absolute atomic E-state index is 8.56. The van der Waals surface area contributed by atoms with Gasteiger partial charge in [0.05, 0.1) is 0 Å². The molecule has 1 heterocycles. The summed E-state index contributed by atoms with van der Waals surface area (Å²) in [6, 6.07) is 5.72. The van der Waals surface area contributed by atoms with Gasteiger partial charge in [-0.25, -0.2) is 4.98 Å². The summed E-state index contributed by atoms with van der Waals surface area (Å²) in [6.45, 7) is 4.44. The van der Waals surface area contributed by atoms with Crippen LogP contribution >= 0.6 is 11.8 Å². The van der Waals surface area contributed by atoms with Gasteiger partial charge in [-0.05, 0) is 30.2 Å². The zero-order valence-corrected chi connectivity index (χ0v) is 9.34. The molecule has 0 fully saturated rings. The van der Waals surface area contributed by atoms with Crippen molar-refractivity contribution < 1.29 is 0 Å². The van der Waals surface area contributed by atoms with Crippen molar-refractivity contribution in [3.8, 4) is 6.07 Å². The van der Waals surface area contributed by atoms with E-state index in [1.807, 2.05) is 12.1 Å². The first-order chi connectivity index (χ1) is 6.72. The predicted octanol–water partition coefficient (Wildman–Crippen LogP) is 3.09. The molecule has 0 aromatic carbocycles. The lowest BCUT2D eigenvalue weighted by Gasteiger charge is -2.03. The minimum Gasteiger partial charge on any atom is -0.244 e. The van der Waals surface area contributed by atoms with E-state index in [1.54, 1.807) is 24.0 Å². The number of hydrogen-bond acceptors (Lipinski definition) is 3. The SMILES string of the molecule is CC(C)CCSc1ccc(C#N)nc1. The minimum absolute atomic E-state index is 0.484. The highest BCUT2D eigenvalue weighted by atomic mass is 32.2. The zero-order valence-electron chi connectivity index (χ0n) is 8.53. The molecule has 0 saturated carbocycles. The predicted molar refractivity (Wildman–Crippen MR) is 59.1 cm³/mol. The molecular formula is C11H14N2S. The van der Waals surface area contributed by atoms with E-state index in [0.717, 1.165) is 16.6 Å². The molecule has 1 aromatic rings. The van der Waals surface area contributed by atoms with E-state index in [4.69, 9.17) is 5.26 Å². The Morgan fingerprint density at radius 3 is 2.79 bits per heavy atom. The van der Waals surface area contributed by atoms with Crippen molar-refractivity contribution in [3.63, 3.8) is 0 Å². The number of hydrogen-bond donors (Lipinski definition) is 0. The molecule has 2 nitrogen and oxygen atoms in total. The molecule has 74 valence electrons. The number of rotatable bonds is 4. The summed E-state index contributed by atoms with van der Waals surface area (Å²) in [7, 11) is 0. The first-order valence-electron chi connectivity index (χ1n) is 4.71. The third kappa shape index (κ3) is 3.80. The molecule has 0 aliphatic heterocycles. The molecule has 0 radical (unpaired) electrons. The van der Waals surface area contributed by atoms with Gasteiger partial charge in [-0.2, -0.15) is 5.26 Å². The monoisotopic (exact) mass is 206 g/mol. The van der Waals surface area contributed by atoms with E-state index in [0.29, 0.717) is 5.69 Å². The maximum atomic E-state index is 8.56. The van der Waals surface area contributed by atoms with Crippen molar-refractivity contribution in [1.82, 2.24) is 4.98 Å². The minimum atomic E-state index is 0.484. The molecule has 0 atom stereocenters. The summed E-state index contributed by atoms with van der Waals surface area (Å²) in [5.41, 5.74) is 0.484. The summed E-state index contributed by atoms with van der Waals surface area (Å²) in [6.07, 6.45) is 2.98. The normalized spacial score (nSPS) is 10.1. The second-order valence-corrected chi connectivity index (χ2v) is 4.69. The van der Waals surface area contributed by atoms with Gasteiger partial charge in [-0.1, -0.05) is 13.8 Å². The van der Waals surface area contributed by atoms with Crippen LogP contribution in [0.15, 0.2) is 23.2 Å². The average Bonchev–Trinajstić information content (AvgIpc) is 2.18. The largest absolute Gasteiger partial charge is 0.244 e. The highest BCUT2D eigenvalue weighted by Crippen LogP contribution is 2.19. The van der Waals surface area contributed by atoms with Crippen molar-refractivity contribution in [2.45, 2.75) is 25.2 Å². The highest BCUT2D eigenvalue weighted by molar-refractivity contribution is 7.99. The number of nitrogens with zero attached hydrogens (tertiary/aromatic N) is 2. The Hall–Kier alpha value is -1.01. The van der Waals surface area contributed by atoms with Crippen LogP contribution in [-0.2, 0) is 0 Å². The van der Waals surface area contributed by atoms with Crippen LogP contribution in [0.25, 0.3) is 0 Å². The average molecular weight is 206 g/mol. The van der Waals surface area contributed by atoms with Crippen molar-refractivity contribution in [2.24, 2.45) is 5.92 Å². The molecule has 0 aliphatic carbocycles.